The van der Waals surface area contributed by atoms with Crippen LogP contribution in [0, 0.1) is 5.82 Å². The maximum Gasteiger partial charge on any atom is 0.244 e. The number of sulfonamides is 1. The van der Waals surface area contributed by atoms with E-state index in [1.165, 1.54) is 19.2 Å². The van der Waals surface area contributed by atoms with Gasteiger partial charge in [-0.2, -0.15) is 0 Å². The lowest BCUT2D eigenvalue weighted by molar-refractivity contribution is 0.401. The lowest BCUT2D eigenvalue weighted by Crippen LogP contribution is -2.24. The Morgan fingerprint density at radius 3 is 2.33 bits per heavy atom. The fourth-order valence-corrected chi connectivity index (χ4v) is 4.19. The Balaban J connectivity index is 1.86. The van der Waals surface area contributed by atoms with Crippen molar-refractivity contribution in [1.29, 1.82) is 0 Å². The zero-order chi connectivity index (χ0) is 17.2. The summed E-state index contributed by atoms with van der Waals surface area (Å²) in [5, 5.41) is 0. The number of nitrogens with one attached hydrogen (secondary N) is 1. The van der Waals surface area contributed by atoms with Gasteiger partial charge in [-0.1, -0.05) is 12.1 Å². The van der Waals surface area contributed by atoms with E-state index in [1.54, 1.807) is 18.2 Å². The van der Waals surface area contributed by atoms with Crippen molar-refractivity contribution >= 4 is 10.0 Å². The van der Waals surface area contributed by atoms with Crippen LogP contribution in [0.2, 0.25) is 0 Å². The number of fused-ring (bicyclic) bond motifs is 1. The summed E-state index contributed by atoms with van der Waals surface area (Å²) in [6.45, 7) is 0.100. The average molecular weight is 349 g/mol. The quantitative estimate of drug-likeness (QED) is 0.902. The molecule has 0 bridgehead atoms. The zero-order valence-corrected chi connectivity index (χ0v) is 14.3. The molecule has 0 atom stereocenters. The number of halogens is 1. The molecule has 128 valence electrons. The number of benzene rings is 2. The first-order valence-electron chi connectivity index (χ1n) is 7.93. The second kappa shape index (κ2) is 6.91. The van der Waals surface area contributed by atoms with Crippen LogP contribution in [0.5, 0.6) is 5.75 Å². The van der Waals surface area contributed by atoms with E-state index in [4.69, 9.17) is 4.74 Å². The molecular weight excluding hydrogens is 329 g/mol. The number of methoxy groups -OCH3 is 1. The highest BCUT2D eigenvalue weighted by molar-refractivity contribution is 7.89. The molecule has 0 radical (unpaired) electrons. The van der Waals surface area contributed by atoms with Crippen molar-refractivity contribution < 1.29 is 17.5 Å². The van der Waals surface area contributed by atoms with Gasteiger partial charge < -0.3 is 4.74 Å². The monoisotopic (exact) mass is 349 g/mol. The van der Waals surface area contributed by atoms with Crippen LogP contribution in [0.15, 0.2) is 41.3 Å². The van der Waals surface area contributed by atoms with Crippen LogP contribution in [0.25, 0.3) is 0 Å². The minimum atomic E-state index is -3.71. The third kappa shape index (κ3) is 3.60. The van der Waals surface area contributed by atoms with Gasteiger partial charge >= 0.3 is 0 Å². The van der Waals surface area contributed by atoms with Crippen molar-refractivity contribution in [1.82, 2.24) is 4.72 Å². The number of rotatable bonds is 5. The van der Waals surface area contributed by atoms with Crippen LogP contribution in [0.4, 0.5) is 4.39 Å². The molecule has 3 rings (SSSR count). The Bertz CT molecular complexity index is 832. The fourth-order valence-electron chi connectivity index (χ4n) is 2.97. The van der Waals surface area contributed by atoms with Crippen molar-refractivity contribution in [3.8, 4) is 5.75 Å². The Morgan fingerprint density at radius 1 is 1.08 bits per heavy atom. The van der Waals surface area contributed by atoms with E-state index >= 15 is 0 Å². The van der Waals surface area contributed by atoms with Crippen LogP contribution in [-0.2, 0) is 29.4 Å². The van der Waals surface area contributed by atoms with Gasteiger partial charge in [-0.05, 0) is 66.6 Å². The summed E-state index contributed by atoms with van der Waals surface area (Å²) in [6.07, 6.45) is 4.03. The first-order valence-corrected chi connectivity index (χ1v) is 9.42. The summed E-state index contributed by atoms with van der Waals surface area (Å²) in [6, 6.07) is 9.29. The Morgan fingerprint density at radius 2 is 1.71 bits per heavy atom. The van der Waals surface area contributed by atoms with Gasteiger partial charge in [0.05, 0.1) is 7.11 Å². The van der Waals surface area contributed by atoms with Gasteiger partial charge in [0.2, 0.25) is 10.0 Å². The maximum absolute atomic E-state index is 12.9. The number of hydrogen-bond acceptors (Lipinski definition) is 3. The molecular formula is C18H20FNO3S. The molecule has 1 aliphatic rings. The molecule has 2 aromatic carbocycles. The summed E-state index contributed by atoms with van der Waals surface area (Å²) >= 11 is 0. The summed E-state index contributed by atoms with van der Waals surface area (Å²) in [7, 11) is -2.24. The standard InChI is InChI=1S/C18H20FNO3S/c1-23-17-10-14-4-2-3-5-15(14)11-18(17)24(21,22)20-12-13-6-8-16(19)9-7-13/h6-11,20H,2-5,12H2,1H3. The predicted molar refractivity (Wildman–Crippen MR) is 90.1 cm³/mol. The van der Waals surface area contributed by atoms with Gasteiger partial charge in [0.15, 0.2) is 0 Å². The van der Waals surface area contributed by atoms with E-state index in [1.807, 2.05) is 6.07 Å². The van der Waals surface area contributed by atoms with Gasteiger partial charge in [0, 0.05) is 6.54 Å². The van der Waals surface area contributed by atoms with Crippen LogP contribution in [0.1, 0.15) is 29.5 Å². The highest BCUT2D eigenvalue weighted by Crippen LogP contribution is 2.31. The molecule has 0 heterocycles. The largest absolute Gasteiger partial charge is 0.495 e. The number of aryl methyl sites for hydroxylation is 2. The molecule has 0 amide bonds. The topological polar surface area (TPSA) is 55.4 Å². The van der Waals surface area contributed by atoms with Crippen molar-refractivity contribution in [3.05, 3.63) is 58.9 Å². The number of hydrogen-bond donors (Lipinski definition) is 1. The highest BCUT2D eigenvalue weighted by Gasteiger charge is 2.23. The normalized spacial score (nSPS) is 14.2. The summed E-state index contributed by atoms with van der Waals surface area (Å²) in [5.41, 5.74) is 2.93. The third-order valence-electron chi connectivity index (χ3n) is 4.30. The molecule has 0 fully saturated rings. The van der Waals surface area contributed by atoms with Gasteiger partial charge in [0.25, 0.3) is 0 Å². The van der Waals surface area contributed by atoms with Crippen LogP contribution >= 0.6 is 0 Å². The van der Waals surface area contributed by atoms with Gasteiger partial charge in [-0.25, -0.2) is 17.5 Å². The van der Waals surface area contributed by atoms with E-state index in [0.717, 1.165) is 36.8 Å². The first-order chi connectivity index (χ1) is 11.5. The second-order valence-corrected chi connectivity index (χ2v) is 7.67. The third-order valence-corrected chi connectivity index (χ3v) is 5.72. The Labute approximate surface area is 141 Å². The summed E-state index contributed by atoms with van der Waals surface area (Å²) in [4.78, 5) is 0.160. The van der Waals surface area contributed by atoms with Gasteiger partial charge in [-0.3, -0.25) is 0 Å². The fraction of sp³-hybridized carbons (Fsp3) is 0.333. The molecule has 0 aliphatic heterocycles. The summed E-state index contributed by atoms with van der Waals surface area (Å²) < 4.78 is 46.1. The highest BCUT2D eigenvalue weighted by atomic mass is 32.2. The van der Waals surface area contributed by atoms with E-state index in [2.05, 4.69) is 4.72 Å². The molecule has 1 aliphatic carbocycles. The van der Waals surface area contributed by atoms with Crippen molar-refractivity contribution in [2.45, 2.75) is 37.1 Å². The molecule has 6 heteroatoms. The van der Waals surface area contributed by atoms with E-state index in [-0.39, 0.29) is 17.3 Å². The van der Waals surface area contributed by atoms with E-state index in [9.17, 15) is 12.8 Å². The molecule has 1 N–H and O–H groups in total. The van der Waals surface area contributed by atoms with E-state index < -0.39 is 10.0 Å². The average Bonchev–Trinajstić information content (AvgIpc) is 2.60. The molecule has 2 aromatic rings. The lowest BCUT2D eigenvalue weighted by Gasteiger charge is -2.19. The van der Waals surface area contributed by atoms with Crippen LogP contribution < -0.4 is 9.46 Å². The van der Waals surface area contributed by atoms with Gasteiger partial charge in [-0.15, -0.1) is 0 Å². The van der Waals surface area contributed by atoms with Crippen molar-refractivity contribution in [3.63, 3.8) is 0 Å². The smallest absolute Gasteiger partial charge is 0.244 e. The molecule has 24 heavy (non-hydrogen) atoms. The summed E-state index contributed by atoms with van der Waals surface area (Å²) in [5.74, 6) is 0.0141. The van der Waals surface area contributed by atoms with E-state index in [0.29, 0.717) is 11.3 Å². The predicted octanol–water partition coefficient (Wildman–Crippen LogP) is 3.19. The maximum atomic E-state index is 12.9. The van der Waals surface area contributed by atoms with Crippen molar-refractivity contribution in [2.75, 3.05) is 7.11 Å². The number of ether oxygens (including phenoxy) is 1. The first kappa shape index (κ1) is 16.9. The molecule has 0 saturated carbocycles. The minimum Gasteiger partial charge on any atom is -0.495 e. The molecule has 0 aromatic heterocycles. The zero-order valence-electron chi connectivity index (χ0n) is 13.5. The molecule has 0 saturated heterocycles. The lowest BCUT2D eigenvalue weighted by atomic mass is 9.92. The molecule has 0 spiro atoms. The Hall–Kier alpha value is -1.92. The second-order valence-electron chi connectivity index (χ2n) is 5.93. The van der Waals surface area contributed by atoms with Crippen LogP contribution in [0.3, 0.4) is 0 Å². The Kier molecular flexibility index (Phi) is 4.87. The molecule has 4 nitrogen and oxygen atoms in total. The van der Waals surface area contributed by atoms with Gasteiger partial charge in [0.1, 0.15) is 16.5 Å². The van der Waals surface area contributed by atoms with Crippen molar-refractivity contribution in [2.24, 2.45) is 0 Å². The SMILES string of the molecule is COc1cc2c(cc1S(=O)(=O)NCc1ccc(F)cc1)CCCC2. The van der Waals surface area contributed by atoms with Crippen LogP contribution in [-0.4, -0.2) is 15.5 Å². The molecule has 0 unspecified atom stereocenters. The minimum absolute atomic E-state index is 0.100.